The molecule has 2 aliphatic rings. The number of benzene rings is 2. The monoisotopic (exact) mass is 659 g/mol. The van der Waals surface area contributed by atoms with Gasteiger partial charge in [0, 0.05) is 5.69 Å². The normalized spacial score (nSPS) is 21.7. The van der Waals surface area contributed by atoms with Crippen LogP contribution in [-0.2, 0) is 21.0 Å². The molecule has 0 saturated carbocycles. The van der Waals surface area contributed by atoms with Crippen LogP contribution in [0.3, 0.4) is 0 Å². The van der Waals surface area contributed by atoms with Crippen molar-refractivity contribution >= 4 is 33.1 Å². The first-order valence-electron chi connectivity index (χ1n) is 16.3. The molecular formula is C35H45N7O4S. The van der Waals surface area contributed by atoms with E-state index in [1.807, 2.05) is 63.4 Å². The zero-order valence-electron chi connectivity index (χ0n) is 28.0. The number of carbonyl (C=O) groups is 1. The lowest BCUT2D eigenvalue weighted by Gasteiger charge is -2.33. The lowest BCUT2D eigenvalue weighted by Crippen LogP contribution is -2.40. The third kappa shape index (κ3) is 6.94. The van der Waals surface area contributed by atoms with Crippen molar-refractivity contribution in [3.05, 3.63) is 83.3 Å². The molecule has 1 saturated heterocycles. The summed E-state index contributed by atoms with van der Waals surface area (Å²) in [6.45, 7) is 12.5. The molecule has 0 radical (unpaired) electrons. The number of pyridine rings is 1. The molecule has 11 nitrogen and oxygen atoms in total. The zero-order chi connectivity index (χ0) is 33.6. The Morgan fingerprint density at radius 2 is 1.79 bits per heavy atom. The molecule has 3 N–H and O–H groups in total. The van der Waals surface area contributed by atoms with Crippen molar-refractivity contribution in [2.24, 2.45) is 0 Å². The minimum absolute atomic E-state index is 0.177. The highest BCUT2D eigenvalue weighted by Crippen LogP contribution is 2.40. The summed E-state index contributed by atoms with van der Waals surface area (Å²) in [7, 11) is -3.49. The molecule has 0 unspecified atom stereocenters. The van der Waals surface area contributed by atoms with Crippen LogP contribution < -0.4 is 20.1 Å². The molecule has 6 rings (SSSR count). The van der Waals surface area contributed by atoms with E-state index in [1.165, 1.54) is 0 Å². The molecule has 2 amide bonds. The Balaban J connectivity index is 1.20. The lowest BCUT2D eigenvalue weighted by molar-refractivity contribution is 0.152. The Labute approximate surface area is 277 Å². The lowest BCUT2D eigenvalue weighted by atomic mass is 9.85. The van der Waals surface area contributed by atoms with Crippen LogP contribution in [0.25, 0.3) is 5.65 Å². The van der Waals surface area contributed by atoms with E-state index in [9.17, 15) is 13.2 Å². The Morgan fingerprint density at radius 3 is 2.51 bits per heavy atom. The summed E-state index contributed by atoms with van der Waals surface area (Å²) in [6, 6.07) is 16.7. The summed E-state index contributed by atoms with van der Waals surface area (Å²) >= 11 is 0. The van der Waals surface area contributed by atoms with Crippen LogP contribution in [-0.4, -0.2) is 53.3 Å². The summed E-state index contributed by atoms with van der Waals surface area (Å²) in [5, 5.41) is 15.1. The molecule has 250 valence electrons. The molecule has 3 atom stereocenters. The number of aromatic nitrogens is 3. The highest BCUT2D eigenvalue weighted by atomic mass is 32.2. The van der Waals surface area contributed by atoms with Gasteiger partial charge in [0.2, 0.25) is 10.0 Å². The molecule has 0 spiro atoms. The number of hydrogen-bond acceptors (Lipinski definition) is 7. The average Bonchev–Trinajstić information content (AvgIpc) is 3.60. The average molecular weight is 660 g/mol. The highest BCUT2D eigenvalue weighted by Gasteiger charge is 2.41. The summed E-state index contributed by atoms with van der Waals surface area (Å²) in [5.74, 6) is 1.67. The first-order valence-corrected chi connectivity index (χ1v) is 18.2. The van der Waals surface area contributed by atoms with Gasteiger partial charge >= 0.3 is 6.03 Å². The predicted octanol–water partition coefficient (Wildman–Crippen LogP) is 6.51. The van der Waals surface area contributed by atoms with Crippen LogP contribution in [0.1, 0.15) is 95.0 Å². The molecule has 1 fully saturated rings. The standard InChI is InChI=1S/C35H45N7O4S/c1-7-41-18-10-17-35(41,5)32-39-38-31-16-13-26(22-42(31)32)46-30-15-14-29(27-11-8-9-12-28(27)30)37-33(43)36-24-19-23(34(2,3)4)20-25(21-24)40-47(6,44)45/h8-9,11-13,16,19-22,29-30,40H,7,10,14-15,17-18H2,1-6H3,(H2,36,37,43)/t29-,30+,35-/m0/s1. The summed E-state index contributed by atoms with van der Waals surface area (Å²) < 4.78 is 35.1. The minimum Gasteiger partial charge on any atom is -0.484 e. The van der Waals surface area contributed by atoms with Crippen molar-refractivity contribution < 1.29 is 17.9 Å². The van der Waals surface area contributed by atoms with Gasteiger partial charge in [-0.05, 0) is 98.1 Å². The van der Waals surface area contributed by atoms with E-state index >= 15 is 0 Å². The van der Waals surface area contributed by atoms with E-state index in [0.717, 1.165) is 66.1 Å². The van der Waals surface area contributed by atoms with Crippen LogP contribution in [0.15, 0.2) is 60.8 Å². The number of carbonyl (C=O) groups excluding carboxylic acids is 1. The number of fused-ring (bicyclic) bond motifs is 2. The fraction of sp³-hybridized carbons (Fsp3) is 0.457. The Hall–Kier alpha value is -4.16. The summed E-state index contributed by atoms with van der Waals surface area (Å²) in [5.41, 5.74) is 4.18. The van der Waals surface area contributed by atoms with Gasteiger partial charge in [-0.3, -0.25) is 14.0 Å². The van der Waals surface area contributed by atoms with Gasteiger partial charge in [0.1, 0.15) is 11.9 Å². The molecule has 2 aromatic carbocycles. The fourth-order valence-corrected chi connectivity index (χ4v) is 7.55. The van der Waals surface area contributed by atoms with Crippen molar-refractivity contribution in [1.82, 2.24) is 24.8 Å². The maximum absolute atomic E-state index is 13.3. The number of likely N-dealkylation sites (tertiary alicyclic amines) is 1. The Morgan fingerprint density at radius 1 is 1.04 bits per heavy atom. The van der Waals surface area contributed by atoms with E-state index in [1.54, 1.807) is 12.1 Å². The fourth-order valence-electron chi connectivity index (χ4n) is 7.01. The van der Waals surface area contributed by atoms with Gasteiger partial charge < -0.3 is 15.4 Å². The maximum Gasteiger partial charge on any atom is 0.319 e. The van der Waals surface area contributed by atoms with Gasteiger partial charge in [0.15, 0.2) is 11.5 Å². The number of urea groups is 1. The molecule has 47 heavy (non-hydrogen) atoms. The second-order valence-electron chi connectivity index (χ2n) is 14.0. The number of nitrogens with zero attached hydrogens (tertiary/aromatic N) is 4. The van der Waals surface area contributed by atoms with Crippen LogP contribution >= 0.6 is 0 Å². The van der Waals surface area contributed by atoms with Crippen molar-refractivity contribution in [3.63, 3.8) is 0 Å². The van der Waals surface area contributed by atoms with Crippen LogP contribution in [0.2, 0.25) is 0 Å². The van der Waals surface area contributed by atoms with Crippen molar-refractivity contribution in [1.29, 1.82) is 0 Å². The number of rotatable bonds is 8. The Kier molecular flexibility index (Phi) is 8.69. The number of sulfonamides is 1. The molecular weight excluding hydrogens is 614 g/mol. The van der Waals surface area contributed by atoms with Crippen molar-refractivity contribution in [3.8, 4) is 5.75 Å². The molecule has 1 aliphatic carbocycles. The molecule has 3 heterocycles. The third-order valence-corrected chi connectivity index (χ3v) is 10.0. The minimum atomic E-state index is -3.49. The molecule has 12 heteroatoms. The van der Waals surface area contributed by atoms with Gasteiger partial charge in [-0.15, -0.1) is 10.2 Å². The first-order chi connectivity index (χ1) is 22.2. The second-order valence-corrected chi connectivity index (χ2v) is 15.7. The largest absolute Gasteiger partial charge is 0.484 e. The van der Waals surface area contributed by atoms with Crippen LogP contribution in [0, 0.1) is 0 Å². The summed E-state index contributed by atoms with van der Waals surface area (Å²) in [6.07, 6.45) is 6.47. The predicted molar refractivity (Wildman–Crippen MR) is 184 cm³/mol. The maximum atomic E-state index is 13.3. The smallest absolute Gasteiger partial charge is 0.319 e. The number of anilines is 2. The topological polar surface area (TPSA) is 130 Å². The first kappa shape index (κ1) is 32.8. The van der Waals surface area contributed by atoms with Gasteiger partial charge in [-0.1, -0.05) is 52.0 Å². The Bertz CT molecular complexity index is 1900. The van der Waals surface area contributed by atoms with Crippen LogP contribution in [0.5, 0.6) is 5.75 Å². The number of nitrogens with one attached hydrogen (secondary N) is 3. The van der Waals surface area contributed by atoms with Crippen LogP contribution in [0.4, 0.5) is 16.2 Å². The molecule has 0 bridgehead atoms. The van der Waals surface area contributed by atoms with Crippen molar-refractivity contribution in [2.45, 2.75) is 83.4 Å². The second kappa shape index (κ2) is 12.5. The van der Waals surface area contributed by atoms with E-state index in [2.05, 4.69) is 54.8 Å². The number of hydrogen-bond donors (Lipinski definition) is 3. The SMILES string of the molecule is CCN1CCC[C@@]1(C)c1nnc2ccc(O[C@@H]3CC[C@H](NC(=O)Nc4cc(NS(C)(=O)=O)cc(C(C)(C)C)c4)c4ccccc43)cn12. The van der Waals surface area contributed by atoms with E-state index in [-0.39, 0.29) is 29.1 Å². The van der Waals surface area contributed by atoms with Gasteiger partial charge in [0.05, 0.1) is 29.7 Å². The number of ether oxygens (including phenoxy) is 1. The number of amides is 2. The van der Waals surface area contributed by atoms with Gasteiger partial charge in [0.25, 0.3) is 0 Å². The third-order valence-electron chi connectivity index (χ3n) is 9.41. The van der Waals surface area contributed by atoms with Gasteiger partial charge in [-0.2, -0.15) is 0 Å². The highest BCUT2D eigenvalue weighted by molar-refractivity contribution is 7.92. The van der Waals surface area contributed by atoms with E-state index in [4.69, 9.17) is 4.74 Å². The van der Waals surface area contributed by atoms with E-state index < -0.39 is 10.0 Å². The summed E-state index contributed by atoms with van der Waals surface area (Å²) in [4.78, 5) is 15.8. The molecule has 4 aromatic rings. The van der Waals surface area contributed by atoms with Gasteiger partial charge in [-0.25, -0.2) is 13.2 Å². The molecule has 1 aliphatic heterocycles. The molecule has 2 aromatic heterocycles. The zero-order valence-corrected chi connectivity index (χ0v) is 28.8. The quantitative estimate of drug-likeness (QED) is 0.197. The van der Waals surface area contributed by atoms with Crippen molar-refractivity contribution in [2.75, 3.05) is 29.4 Å². The van der Waals surface area contributed by atoms with E-state index in [0.29, 0.717) is 24.2 Å².